The minimum absolute atomic E-state index is 0.187. The lowest BCUT2D eigenvalue weighted by Crippen LogP contribution is -2.18. The number of nitrogens with one attached hydrogen (secondary N) is 1. The molecule has 0 radical (unpaired) electrons. The number of fused-ring (bicyclic) bond motifs is 1. The highest BCUT2D eigenvalue weighted by Crippen LogP contribution is 2.28. The average molecular weight is 420 g/mol. The average Bonchev–Trinajstić information content (AvgIpc) is 3.42. The highest BCUT2D eigenvalue weighted by atomic mass is 32.2. The van der Waals surface area contributed by atoms with Crippen molar-refractivity contribution in [2.45, 2.75) is 25.5 Å². The van der Waals surface area contributed by atoms with Crippen LogP contribution in [-0.2, 0) is 18.4 Å². The van der Waals surface area contributed by atoms with E-state index in [4.69, 9.17) is 4.42 Å². The molecule has 0 aliphatic heterocycles. The standard InChI is InChI=1S/C22H21N5O2S/c1-14-15(2)27(12-16-7-6-10-29-16)21(17(14)11-23)25-20(28)13-30-22-24-18-8-4-5-9-19(18)26(22)3/h4-10H,12-13H2,1-3H3,(H,25,28). The molecule has 1 amide bonds. The summed E-state index contributed by atoms with van der Waals surface area (Å²) in [5.41, 5.74) is 4.16. The molecule has 0 atom stereocenters. The van der Waals surface area contributed by atoms with Gasteiger partial charge in [0.2, 0.25) is 5.91 Å². The summed E-state index contributed by atoms with van der Waals surface area (Å²) in [5, 5.41) is 13.3. The molecule has 3 aromatic heterocycles. The molecule has 152 valence electrons. The second-order valence-corrected chi connectivity index (χ2v) is 7.93. The fourth-order valence-electron chi connectivity index (χ4n) is 3.44. The van der Waals surface area contributed by atoms with Gasteiger partial charge < -0.3 is 18.9 Å². The molecule has 0 aliphatic rings. The number of aromatic nitrogens is 3. The van der Waals surface area contributed by atoms with Crippen molar-refractivity contribution in [1.29, 1.82) is 5.26 Å². The molecule has 1 N–H and O–H groups in total. The molecular weight excluding hydrogens is 398 g/mol. The largest absolute Gasteiger partial charge is 0.467 e. The van der Waals surface area contributed by atoms with Crippen molar-refractivity contribution < 1.29 is 9.21 Å². The van der Waals surface area contributed by atoms with E-state index >= 15 is 0 Å². The van der Waals surface area contributed by atoms with E-state index in [2.05, 4.69) is 16.4 Å². The molecule has 0 aliphatic carbocycles. The molecule has 1 aromatic carbocycles. The van der Waals surface area contributed by atoms with Gasteiger partial charge in [-0.3, -0.25) is 4.79 Å². The van der Waals surface area contributed by atoms with E-state index in [1.54, 1.807) is 6.26 Å². The topological polar surface area (TPSA) is 88.8 Å². The summed E-state index contributed by atoms with van der Waals surface area (Å²) in [6.45, 7) is 4.26. The van der Waals surface area contributed by atoms with Gasteiger partial charge in [0, 0.05) is 12.7 Å². The number of furan rings is 1. The Hall–Kier alpha value is -3.44. The van der Waals surface area contributed by atoms with Gasteiger partial charge in [-0.25, -0.2) is 4.98 Å². The normalized spacial score (nSPS) is 11.0. The van der Waals surface area contributed by atoms with Crippen molar-refractivity contribution in [3.05, 3.63) is 65.2 Å². The molecule has 0 bridgehead atoms. The number of hydrogen-bond donors (Lipinski definition) is 1. The number of carbonyl (C=O) groups is 1. The summed E-state index contributed by atoms with van der Waals surface area (Å²) in [7, 11) is 1.94. The van der Waals surface area contributed by atoms with Gasteiger partial charge in [0.05, 0.1) is 35.2 Å². The highest BCUT2D eigenvalue weighted by molar-refractivity contribution is 7.99. The van der Waals surface area contributed by atoms with Crippen LogP contribution in [0.4, 0.5) is 5.82 Å². The monoisotopic (exact) mass is 419 g/mol. The third-order valence-corrected chi connectivity index (χ3v) is 6.20. The van der Waals surface area contributed by atoms with Crippen LogP contribution in [0.25, 0.3) is 11.0 Å². The van der Waals surface area contributed by atoms with Crippen molar-refractivity contribution in [2.75, 3.05) is 11.1 Å². The van der Waals surface area contributed by atoms with Gasteiger partial charge >= 0.3 is 0 Å². The van der Waals surface area contributed by atoms with E-state index in [0.29, 0.717) is 17.9 Å². The number of imidazole rings is 1. The van der Waals surface area contributed by atoms with Crippen molar-refractivity contribution in [3.8, 4) is 6.07 Å². The summed E-state index contributed by atoms with van der Waals surface area (Å²) in [6, 6.07) is 13.8. The number of para-hydroxylation sites is 2. The van der Waals surface area contributed by atoms with E-state index in [1.165, 1.54) is 11.8 Å². The zero-order chi connectivity index (χ0) is 21.3. The van der Waals surface area contributed by atoms with E-state index in [-0.39, 0.29) is 11.7 Å². The van der Waals surface area contributed by atoms with Crippen LogP contribution in [0.3, 0.4) is 0 Å². The second-order valence-electron chi connectivity index (χ2n) is 6.99. The fourth-order valence-corrected chi connectivity index (χ4v) is 4.22. The number of thioether (sulfide) groups is 1. The van der Waals surface area contributed by atoms with Gasteiger partial charge in [0.25, 0.3) is 0 Å². The number of hydrogen-bond acceptors (Lipinski definition) is 5. The van der Waals surface area contributed by atoms with E-state index in [1.807, 2.05) is 66.4 Å². The maximum atomic E-state index is 12.7. The van der Waals surface area contributed by atoms with E-state index in [9.17, 15) is 10.1 Å². The quantitative estimate of drug-likeness (QED) is 0.472. The number of benzene rings is 1. The number of nitriles is 1. The first kappa shape index (κ1) is 19.9. The number of anilines is 1. The number of rotatable bonds is 6. The summed E-state index contributed by atoms with van der Waals surface area (Å²) in [5.74, 6) is 1.25. The van der Waals surface area contributed by atoms with Crippen LogP contribution in [0.15, 0.2) is 52.2 Å². The van der Waals surface area contributed by atoms with Crippen LogP contribution in [0.5, 0.6) is 0 Å². The maximum Gasteiger partial charge on any atom is 0.235 e. The van der Waals surface area contributed by atoms with E-state index < -0.39 is 0 Å². The minimum Gasteiger partial charge on any atom is -0.467 e. The predicted molar refractivity (Wildman–Crippen MR) is 116 cm³/mol. The molecule has 0 saturated heterocycles. The molecule has 4 aromatic rings. The van der Waals surface area contributed by atoms with Crippen LogP contribution in [0.1, 0.15) is 22.6 Å². The summed E-state index contributed by atoms with van der Waals surface area (Å²) in [4.78, 5) is 17.3. The number of nitrogens with zero attached hydrogens (tertiary/aromatic N) is 4. The van der Waals surface area contributed by atoms with Crippen LogP contribution in [0, 0.1) is 25.2 Å². The molecule has 0 saturated carbocycles. The lowest BCUT2D eigenvalue weighted by Gasteiger charge is -2.12. The fraction of sp³-hybridized carbons (Fsp3) is 0.227. The SMILES string of the molecule is Cc1c(C#N)c(NC(=O)CSc2nc3ccccc3n2C)n(Cc2ccco2)c1C. The first-order valence-corrected chi connectivity index (χ1v) is 10.4. The Balaban J connectivity index is 1.54. The van der Waals surface area contributed by atoms with Gasteiger partial charge in [0.15, 0.2) is 5.16 Å². The van der Waals surface area contributed by atoms with Crippen molar-refractivity contribution >= 4 is 34.5 Å². The van der Waals surface area contributed by atoms with Gasteiger partial charge in [-0.15, -0.1) is 0 Å². The zero-order valence-corrected chi connectivity index (χ0v) is 17.8. The molecule has 7 nitrogen and oxygen atoms in total. The molecule has 8 heteroatoms. The van der Waals surface area contributed by atoms with E-state index in [0.717, 1.165) is 33.2 Å². The van der Waals surface area contributed by atoms with Crippen LogP contribution in [0.2, 0.25) is 0 Å². The zero-order valence-electron chi connectivity index (χ0n) is 17.0. The molecule has 0 fully saturated rings. The third kappa shape index (κ3) is 3.60. The Kier molecular flexibility index (Phi) is 5.38. The second kappa shape index (κ2) is 8.13. The van der Waals surface area contributed by atoms with Crippen LogP contribution >= 0.6 is 11.8 Å². The number of aryl methyl sites for hydroxylation is 1. The molecule has 0 unspecified atom stereocenters. The van der Waals surface area contributed by atoms with Gasteiger partial charge in [-0.2, -0.15) is 5.26 Å². The molecule has 4 rings (SSSR count). The summed E-state index contributed by atoms with van der Waals surface area (Å²) < 4.78 is 9.33. The number of carbonyl (C=O) groups excluding carboxylic acids is 1. The Morgan fingerprint density at radius 2 is 2.07 bits per heavy atom. The molecule has 3 heterocycles. The smallest absolute Gasteiger partial charge is 0.235 e. The van der Waals surface area contributed by atoms with Gasteiger partial charge in [0.1, 0.15) is 17.6 Å². The molecular formula is C22H21N5O2S. The van der Waals surface area contributed by atoms with Crippen molar-refractivity contribution in [3.63, 3.8) is 0 Å². The Morgan fingerprint density at radius 3 is 2.77 bits per heavy atom. The van der Waals surface area contributed by atoms with Gasteiger partial charge in [-0.05, 0) is 43.7 Å². The summed E-state index contributed by atoms with van der Waals surface area (Å²) >= 11 is 1.36. The van der Waals surface area contributed by atoms with Crippen molar-refractivity contribution in [1.82, 2.24) is 14.1 Å². The highest BCUT2D eigenvalue weighted by Gasteiger charge is 2.21. The molecule has 30 heavy (non-hydrogen) atoms. The summed E-state index contributed by atoms with van der Waals surface area (Å²) in [6.07, 6.45) is 1.61. The Labute approximate surface area is 178 Å². The Morgan fingerprint density at radius 1 is 1.27 bits per heavy atom. The Bertz CT molecular complexity index is 1260. The lowest BCUT2D eigenvalue weighted by atomic mass is 10.2. The first-order chi connectivity index (χ1) is 14.5. The predicted octanol–water partition coefficient (Wildman–Crippen LogP) is 4.24. The minimum atomic E-state index is -0.193. The van der Waals surface area contributed by atoms with Crippen LogP contribution in [-0.4, -0.2) is 25.8 Å². The maximum absolute atomic E-state index is 12.7. The number of amides is 1. The van der Waals surface area contributed by atoms with Crippen molar-refractivity contribution in [2.24, 2.45) is 7.05 Å². The van der Waals surface area contributed by atoms with Gasteiger partial charge in [-0.1, -0.05) is 23.9 Å². The molecule has 0 spiro atoms. The lowest BCUT2D eigenvalue weighted by molar-refractivity contribution is -0.113. The van der Waals surface area contributed by atoms with Crippen LogP contribution < -0.4 is 5.32 Å². The third-order valence-electron chi connectivity index (χ3n) is 5.17. The first-order valence-electron chi connectivity index (χ1n) is 9.46.